The monoisotopic (exact) mass is 446 g/mol. The van der Waals surface area contributed by atoms with Crippen LogP contribution >= 0.6 is 15.9 Å². The first-order valence-electron chi connectivity index (χ1n) is 11.1. The fraction of sp³-hybridized carbons (Fsp3) is 0.407. The lowest BCUT2D eigenvalue weighted by Gasteiger charge is -2.57. The van der Waals surface area contributed by atoms with Crippen LogP contribution in [-0.2, 0) is 12.0 Å². The van der Waals surface area contributed by atoms with Gasteiger partial charge in [0.2, 0.25) is 0 Å². The van der Waals surface area contributed by atoms with Crippen molar-refractivity contribution in [2.75, 3.05) is 0 Å². The van der Waals surface area contributed by atoms with Gasteiger partial charge < -0.3 is 5.11 Å². The standard InChI is InChI=1S/C27H27BrO/c28-25-6-5-21-10-20(1-2-22(21)11-25)23-3-4-24(16-29)26(12-23)27-13-17-7-18(14-27)9-19(8-17)15-27/h1-6,10-12,17-19,29H,7-9,13-16H2. The fourth-order valence-corrected chi connectivity index (χ4v) is 7.60. The number of hydrogen-bond donors (Lipinski definition) is 1. The summed E-state index contributed by atoms with van der Waals surface area (Å²) in [6, 6.07) is 20.1. The topological polar surface area (TPSA) is 20.2 Å². The van der Waals surface area contributed by atoms with Crippen molar-refractivity contribution < 1.29 is 5.11 Å². The van der Waals surface area contributed by atoms with Crippen LogP contribution in [0.1, 0.15) is 49.7 Å². The van der Waals surface area contributed by atoms with E-state index in [1.165, 1.54) is 66.0 Å². The highest BCUT2D eigenvalue weighted by molar-refractivity contribution is 9.10. The predicted octanol–water partition coefficient (Wildman–Crippen LogP) is 7.23. The average Bonchev–Trinajstić information content (AvgIpc) is 2.72. The third kappa shape index (κ3) is 2.99. The smallest absolute Gasteiger partial charge is 0.0684 e. The van der Waals surface area contributed by atoms with Crippen LogP contribution in [0.15, 0.2) is 59.1 Å². The molecule has 4 bridgehead atoms. The molecule has 7 rings (SSSR count). The molecule has 4 fully saturated rings. The Morgan fingerprint density at radius 1 is 0.759 bits per heavy atom. The molecule has 148 valence electrons. The van der Waals surface area contributed by atoms with E-state index in [0.717, 1.165) is 27.8 Å². The summed E-state index contributed by atoms with van der Waals surface area (Å²) in [5.41, 5.74) is 5.48. The van der Waals surface area contributed by atoms with Crippen molar-refractivity contribution in [1.29, 1.82) is 0 Å². The Kier molecular flexibility index (Phi) is 4.18. The third-order valence-corrected chi connectivity index (χ3v) is 8.52. The summed E-state index contributed by atoms with van der Waals surface area (Å²) in [4.78, 5) is 0. The Morgan fingerprint density at radius 3 is 2.03 bits per heavy atom. The molecular formula is C27H27BrO. The fourth-order valence-electron chi connectivity index (χ4n) is 7.22. The SMILES string of the molecule is OCc1ccc(-c2ccc3cc(Br)ccc3c2)cc1C12CC3CC(CC(C3)C1)C2. The summed E-state index contributed by atoms with van der Waals surface area (Å²) >= 11 is 3.57. The minimum absolute atomic E-state index is 0.156. The minimum Gasteiger partial charge on any atom is -0.392 e. The van der Waals surface area contributed by atoms with Crippen molar-refractivity contribution in [3.05, 3.63) is 70.2 Å². The number of hydrogen-bond acceptors (Lipinski definition) is 1. The maximum atomic E-state index is 10.1. The van der Waals surface area contributed by atoms with Gasteiger partial charge in [-0.25, -0.2) is 0 Å². The van der Waals surface area contributed by atoms with Crippen LogP contribution in [-0.4, -0.2) is 5.11 Å². The van der Waals surface area contributed by atoms with Crippen molar-refractivity contribution in [3.8, 4) is 11.1 Å². The van der Waals surface area contributed by atoms with Crippen molar-refractivity contribution in [1.82, 2.24) is 0 Å². The molecule has 0 atom stereocenters. The lowest BCUT2D eigenvalue weighted by molar-refractivity contribution is -0.00600. The number of fused-ring (bicyclic) bond motifs is 1. The number of halogens is 1. The minimum atomic E-state index is 0.156. The molecule has 0 heterocycles. The molecule has 4 saturated carbocycles. The lowest BCUT2D eigenvalue weighted by Crippen LogP contribution is -2.49. The molecule has 29 heavy (non-hydrogen) atoms. The van der Waals surface area contributed by atoms with Crippen LogP contribution in [0.2, 0.25) is 0 Å². The first-order valence-corrected chi connectivity index (χ1v) is 11.9. The van der Waals surface area contributed by atoms with Gasteiger partial charge in [-0.05, 0) is 113 Å². The maximum absolute atomic E-state index is 10.1. The molecule has 1 nitrogen and oxygen atoms in total. The van der Waals surface area contributed by atoms with E-state index in [-0.39, 0.29) is 6.61 Å². The second kappa shape index (κ2) is 6.68. The van der Waals surface area contributed by atoms with Crippen molar-refractivity contribution in [2.24, 2.45) is 17.8 Å². The Labute approximate surface area is 181 Å². The van der Waals surface area contributed by atoms with Gasteiger partial charge in [0, 0.05) is 4.47 Å². The quantitative estimate of drug-likeness (QED) is 0.449. The summed E-state index contributed by atoms with van der Waals surface area (Å²) in [5.74, 6) is 2.74. The summed E-state index contributed by atoms with van der Waals surface area (Å²) in [5, 5.41) is 12.7. The van der Waals surface area contributed by atoms with E-state index in [0.29, 0.717) is 5.41 Å². The van der Waals surface area contributed by atoms with Gasteiger partial charge >= 0.3 is 0 Å². The number of rotatable bonds is 3. The first-order chi connectivity index (χ1) is 14.1. The molecule has 3 aromatic rings. The van der Waals surface area contributed by atoms with Crippen LogP contribution in [0.4, 0.5) is 0 Å². The summed E-state index contributed by atoms with van der Waals surface area (Å²) in [7, 11) is 0. The Morgan fingerprint density at radius 2 is 1.34 bits per heavy atom. The summed E-state index contributed by atoms with van der Waals surface area (Å²) in [6.07, 6.45) is 8.36. The number of benzene rings is 3. The zero-order valence-corrected chi connectivity index (χ0v) is 18.3. The van der Waals surface area contributed by atoms with E-state index in [4.69, 9.17) is 0 Å². The van der Waals surface area contributed by atoms with E-state index in [1.807, 2.05) is 0 Å². The molecule has 1 N–H and O–H groups in total. The van der Waals surface area contributed by atoms with Gasteiger partial charge in [-0.1, -0.05) is 52.3 Å². The molecule has 0 saturated heterocycles. The molecule has 4 aliphatic carbocycles. The largest absolute Gasteiger partial charge is 0.392 e. The van der Waals surface area contributed by atoms with E-state index in [9.17, 15) is 5.11 Å². The zero-order valence-electron chi connectivity index (χ0n) is 16.7. The Bertz CT molecular complexity index is 1060. The normalized spacial score (nSPS) is 30.2. The second-order valence-corrected chi connectivity index (χ2v) is 10.8. The van der Waals surface area contributed by atoms with Crippen LogP contribution in [0.3, 0.4) is 0 Å². The molecule has 0 aromatic heterocycles. The molecule has 0 radical (unpaired) electrons. The van der Waals surface area contributed by atoms with Gasteiger partial charge in [-0.3, -0.25) is 0 Å². The van der Waals surface area contributed by atoms with Crippen LogP contribution in [0, 0.1) is 17.8 Å². The van der Waals surface area contributed by atoms with E-state index in [1.54, 1.807) is 0 Å². The predicted molar refractivity (Wildman–Crippen MR) is 123 cm³/mol. The zero-order chi connectivity index (χ0) is 19.6. The molecule has 3 aromatic carbocycles. The lowest BCUT2D eigenvalue weighted by atomic mass is 9.47. The number of aliphatic hydroxyl groups is 1. The van der Waals surface area contributed by atoms with E-state index in [2.05, 4.69) is 70.5 Å². The van der Waals surface area contributed by atoms with E-state index >= 15 is 0 Å². The van der Waals surface area contributed by atoms with Gasteiger partial charge in [-0.15, -0.1) is 0 Å². The van der Waals surface area contributed by atoms with Gasteiger partial charge in [0.25, 0.3) is 0 Å². The Hall–Kier alpha value is -1.64. The maximum Gasteiger partial charge on any atom is 0.0684 e. The highest BCUT2D eigenvalue weighted by Crippen LogP contribution is 2.61. The van der Waals surface area contributed by atoms with Gasteiger partial charge in [0.15, 0.2) is 0 Å². The first kappa shape index (κ1) is 18.2. The average molecular weight is 447 g/mol. The molecule has 0 spiro atoms. The molecule has 4 aliphatic rings. The molecule has 0 unspecified atom stereocenters. The molecular weight excluding hydrogens is 420 g/mol. The highest BCUT2D eigenvalue weighted by Gasteiger charge is 2.52. The van der Waals surface area contributed by atoms with Crippen LogP contribution in [0.25, 0.3) is 21.9 Å². The van der Waals surface area contributed by atoms with Gasteiger partial charge in [0.05, 0.1) is 6.61 Å². The van der Waals surface area contributed by atoms with E-state index < -0.39 is 0 Å². The number of aliphatic hydroxyl groups excluding tert-OH is 1. The highest BCUT2D eigenvalue weighted by atomic mass is 79.9. The summed E-state index contributed by atoms with van der Waals surface area (Å²) in [6.45, 7) is 0.156. The van der Waals surface area contributed by atoms with Gasteiger partial charge in [0.1, 0.15) is 0 Å². The molecule has 0 aliphatic heterocycles. The Balaban J connectivity index is 1.46. The van der Waals surface area contributed by atoms with Crippen molar-refractivity contribution >= 4 is 26.7 Å². The van der Waals surface area contributed by atoms with Crippen LogP contribution in [0.5, 0.6) is 0 Å². The second-order valence-electron chi connectivity index (χ2n) is 9.93. The summed E-state index contributed by atoms with van der Waals surface area (Å²) < 4.78 is 1.12. The molecule has 2 heteroatoms. The third-order valence-electron chi connectivity index (χ3n) is 8.03. The van der Waals surface area contributed by atoms with Crippen molar-refractivity contribution in [3.63, 3.8) is 0 Å². The molecule has 0 amide bonds. The van der Waals surface area contributed by atoms with Crippen LogP contribution < -0.4 is 0 Å². The van der Waals surface area contributed by atoms with Crippen molar-refractivity contribution in [2.45, 2.75) is 50.5 Å². The van der Waals surface area contributed by atoms with Gasteiger partial charge in [-0.2, -0.15) is 0 Å².